The molecule has 1 aliphatic rings. The molecule has 1 saturated heterocycles. The van der Waals surface area contributed by atoms with Gasteiger partial charge in [0.15, 0.2) is 0 Å². The zero-order valence-corrected chi connectivity index (χ0v) is 8.74. The van der Waals surface area contributed by atoms with Crippen LogP contribution in [0.2, 0.25) is 0 Å². The van der Waals surface area contributed by atoms with Gasteiger partial charge in [0.25, 0.3) is 0 Å². The fourth-order valence-electron chi connectivity index (χ4n) is 1.76. The van der Waals surface area contributed by atoms with Gasteiger partial charge in [0.1, 0.15) is 0 Å². The lowest BCUT2D eigenvalue weighted by atomic mass is 10.1. The Bertz CT molecular complexity index is 182. The lowest BCUT2D eigenvalue weighted by Crippen LogP contribution is -2.42. The summed E-state index contributed by atoms with van der Waals surface area (Å²) in [6, 6.07) is 0. The maximum absolute atomic E-state index is 10.4. The van der Waals surface area contributed by atoms with Crippen molar-refractivity contribution >= 4 is 5.97 Å². The van der Waals surface area contributed by atoms with Gasteiger partial charge in [-0.05, 0) is 19.4 Å². The van der Waals surface area contributed by atoms with Crippen LogP contribution in [0, 0.1) is 0 Å². The van der Waals surface area contributed by atoms with Crippen molar-refractivity contribution in [3.8, 4) is 0 Å². The van der Waals surface area contributed by atoms with Gasteiger partial charge in [-0.3, -0.25) is 9.69 Å². The molecular formula is C10H19NO3. The number of carbonyl (C=O) groups is 1. The Hall–Kier alpha value is -0.610. The fraction of sp³-hybridized carbons (Fsp3) is 0.900. The number of carboxylic acids is 1. The fourth-order valence-corrected chi connectivity index (χ4v) is 1.76. The molecule has 0 amide bonds. The van der Waals surface area contributed by atoms with Gasteiger partial charge in [0.05, 0.1) is 12.7 Å². The first-order chi connectivity index (χ1) is 6.72. The second-order valence-electron chi connectivity index (χ2n) is 3.73. The van der Waals surface area contributed by atoms with Crippen molar-refractivity contribution in [2.75, 3.05) is 26.2 Å². The summed E-state index contributed by atoms with van der Waals surface area (Å²) in [5, 5.41) is 8.54. The first kappa shape index (κ1) is 11.5. The van der Waals surface area contributed by atoms with Crippen LogP contribution < -0.4 is 0 Å². The van der Waals surface area contributed by atoms with Crippen molar-refractivity contribution in [3.63, 3.8) is 0 Å². The minimum Gasteiger partial charge on any atom is -0.481 e. The summed E-state index contributed by atoms with van der Waals surface area (Å²) in [5.41, 5.74) is 0. The Morgan fingerprint density at radius 2 is 2.43 bits per heavy atom. The summed E-state index contributed by atoms with van der Waals surface area (Å²) in [4.78, 5) is 12.7. The summed E-state index contributed by atoms with van der Waals surface area (Å²) >= 11 is 0. The molecular weight excluding hydrogens is 182 g/mol. The van der Waals surface area contributed by atoms with Crippen molar-refractivity contribution in [2.24, 2.45) is 0 Å². The van der Waals surface area contributed by atoms with Crippen molar-refractivity contribution in [1.82, 2.24) is 4.90 Å². The standard InChI is InChI=1S/C10H19NO3/c1-2-5-11-6-7-14-9(8-11)3-4-10(12)13/h9H,2-8H2,1H3,(H,12,13). The SMILES string of the molecule is CCCN1CCOC(CCC(=O)O)C1. The molecule has 0 bridgehead atoms. The zero-order chi connectivity index (χ0) is 10.4. The van der Waals surface area contributed by atoms with Gasteiger partial charge in [-0.1, -0.05) is 6.92 Å². The minimum atomic E-state index is -0.735. The Morgan fingerprint density at radius 3 is 3.07 bits per heavy atom. The first-order valence-corrected chi connectivity index (χ1v) is 5.28. The van der Waals surface area contributed by atoms with Gasteiger partial charge in [0, 0.05) is 19.5 Å². The maximum Gasteiger partial charge on any atom is 0.303 e. The highest BCUT2D eigenvalue weighted by atomic mass is 16.5. The molecule has 1 unspecified atom stereocenters. The second kappa shape index (κ2) is 5.98. The molecule has 1 N–H and O–H groups in total. The van der Waals surface area contributed by atoms with E-state index in [1.54, 1.807) is 0 Å². The molecule has 1 fully saturated rings. The van der Waals surface area contributed by atoms with Crippen LogP contribution >= 0.6 is 0 Å². The van der Waals surface area contributed by atoms with Gasteiger partial charge in [-0.15, -0.1) is 0 Å². The molecule has 0 spiro atoms. The Morgan fingerprint density at radius 1 is 1.64 bits per heavy atom. The molecule has 1 aliphatic heterocycles. The molecule has 4 nitrogen and oxygen atoms in total. The lowest BCUT2D eigenvalue weighted by Gasteiger charge is -2.32. The van der Waals surface area contributed by atoms with Gasteiger partial charge in [-0.2, -0.15) is 0 Å². The van der Waals surface area contributed by atoms with E-state index in [0.29, 0.717) is 6.42 Å². The highest BCUT2D eigenvalue weighted by Gasteiger charge is 2.20. The number of rotatable bonds is 5. The predicted octanol–water partition coefficient (Wildman–Crippen LogP) is 0.962. The van der Waals surface area contributed by atoms with E-state index in [1.807, 2.05) is 0 Å². The third-order valence-electron chi connectivity index (χ3n) is 2.44. The minimum absolute atomic E-state index is 0.117. The summed E-state index contributed by atoms with van der Waals surface area (Å²) < 4.78 is 5.50. The van der Waals surface area contributed by atoms with Crippen LogP contribution in [-0.2, 0) is 9.53 Å². The Balaban J connectivity index is 2.21. The quantitative estimate of drug-likeness (QED) is 0.720. The monoisotopic (exact) mass is 201 g/mol. The topological polar surface area (TPSA) is 49.8 Å². The van der Waals surface area contributed by atoms with E-state index < -0.39 is 5.97 Å². The first-order valence-electron chi connectivity index (χ1n) is 5.28. The van der Waals surface area contributed by atoms with E-state index >= 15 is 0 Å². The number of hydrogen-bond acceptors (Lipinski definition) is 3. The van der Waals surface area contributed by atoms with Gasteiger partial charge >= 0.3 is 5.97 Å². The van der Waals surface area contributed by atoms with Crippen molar-refractivity contribution in [1.29, 1.82) is 0 Å². The molecule has 0 aliphatic carbocycles. The number of carboxylic acid groups (broad SMARTS) is 1. The van der Waals surface area contributed by atoms with E-state index in [9.17, 15) is 4.79 Å². The highest BCUT2D eigenvalue weighted by Crippen LogP contribution is 2.10. The summed E-state index contributed by atoms with van der Waals surface area (Å²) in [6.45, 7) is 5.86. The number of aliphatic carboxylic acids is 1. The maximum atomic E-state index is 10.4. The summed E-state index contributed by atoms with van der Waals surface area (Å²) in [5.74, 6) is -0.735. The van der Waals surface area contributed by atoms with E-state index in [4.69, 9.17) is 9.84 Å². The molecule has 1 atom stereocenters. The molecule has 0 radical (unpaired) electrons. The summed E-state index contributed by atoms with van der Waals surface area (Å²) in [7, 11) is 0. The Kier molecular flexibility index (Phi) is 4.90. The average molecular weight is 201 g/mol. The van der Waals surface area contributed by atoms with Crippen LogP contribution in [0.4, 0.5) is 0 Å². The third kappa shape index (κ3) is 4.07. The normalized spacial score (nSPS) is 23.6. The number of nitrogens with zero attached hydrogens (tertiary/aromatic N) is 1. The Labute approximate surface area is 84.8 Å². The van der Waals surface area contributed by atoms with Crippen LogP contribution in [0.3, 0.4) is 0 Å². The van der Waals surface area contributed by atoms with Gasteiger partial charge < -0.3 is 9.84 Å². The average Bonchev–Trinajstić information content (AvgIpc) is 2.16. The second-order valence-corrected chi connectivity index (χ2v) is 3.73. The van der Waals surface area contributed by atoms with Crippen LogP contribution in [0.15, 0.2) is 0 Å². The molecule has 14 heavy (non-hydrogen) atoms. The van der Waals surface area contributed by atoms with Crippen molar-refractivity contribution in [3.05, 3.63) is 0 Å². The predicted molar refractivity (Wildman–Crippen MR) is 53.3 cm³/mol. The van der Waals surface area contributed by atoms with Gasteiger partial charge in [-0.25, -0.2) is 0 Å². The smallest absolute Gasteiger partial charge is 0.303 e. The van der Waals surface area contributed by atoms with Crippen LogP contribution in [-0.4, -0.2) is 48.3 Å². The van der Waals surface area contributed by atoms with E-state index in [0.717, 1.165) is 32.7 Å². The lowest BCUT2D eigenvalue weighted by molar-refractivity contribution is -0.138. The molecule has 4 heteroatoms. The molecule has 1 heterocycles. The van der Waals surface area contributed by atoms with Crippen LogP contribution in [0.1, 0.15) is 26.2 Å². The molecule has 0 saturated carbocycles. The molecule has 1 rings (SSSR count). The molecule has 82 valence electrons. The van der Waals surface area contributed by atoms with E-state index in [1.165, 1.54) is 0 Å². The largest absolute Gasteiger partial charge is 0.481 e. The van der Waals surface area contributed by atoms with Crippen molar-refractivity contribution in [2.45, 2.75) is 32.3 Å². The van der Waals surface area contributed by atoms with E-state index in [-0.39, 0.29) is 12.5 Å². The number of hydrogen-bond donors (Lipinski definition) is 1. The van der Waals surface area contributed by atoms with Gasteiger partial charge in [0.2, 0.25) is 0 Å². The summed E-state index contributed by atoms with van der Waals surface area (Å²) in [6.07, 6.45) is 2.11. The molecule has 0 aromatic heterocycles. The number of ether oxygens (including phenoxy) is 1. The van der Waals surface area contributed by atoms with Crippen LogP contribution in [0.5, 0.6) is 0 Å². The zero-order valence-electron chi connectivity index (χ0n) is 8.74. The molecule has 0 aromatic carbocycles. The number of morpholine rings is 1. The third-order valence-corrected chi connectivity index (χ3v) is 2.44. The van der Waals surface area contributed by atoms with Crippen molar-refractivity contribution < 1.29 is 14.6 Å². The van der Waals surface area contributed by atoms with E-state index in [2.05, 4.69) is 11.8 Å². The van der Waals surface area contributed by atoms with Crippen LogP contribution in [0.25, 0.3) is 0 Å². The molecule has 0 aromatic rings. The highest BCUT2D eigenvalue weighted by molar-refractivity contribution is 5.66.